The van der Waals surface area contributed by atoms with Crippen molar-refractivity contribution >= 4 is 16.9 Å². The average Bonchev–Trinajstić information content (AvgIpc) is 2.34. The maximum Gasteiger partial charge on any atom is 0.416 e. The van der Waals surface area contributed by atoms with E-state index in [0.29, 0.717) is 0 Å². The van der Waals surface area contributed by atoms with Crippen LogP contribution in [0.3, 0.4) is 0 Å². The number of anilines is 2. The van der Waals surface area contributed by atoms with Crippen LogP contribution >= 0.6 is 0 Å². The van der Waals surface area contributed by atoms with Crippen LogP contribution in [-0.2, 0) is 0 Å². The van der Waals surface area contributed by atoms with Crippen LogP contribution < -0.4 is 11.5 Å². The number of benzene rings is 1. The fourth-order valence-corrected chi connectivity index (χ4v) is 1.70. The van der Waals surface area contributed by atoms with Gasteiger partial charge in [0.05, 0.1) is 16.9 Å². The lowest BCUT2D eigenvalue weighted by Crippen LogP contribution is -2.10. The molecule has 1 rings (SSSR count). The number of hydrogen-bond donors (Lipinski definition) is 2. The lowest BCUT2D eigenvalue weighted by Gasteiger charge is -2.11. The van der Waals surface area contributed by atoms with Crippen LogP contribution in [-0.4, -0.2) is 6.18 Å². The van der Waals surface area contributed by atoms with Gasteiger partial charge in [-0.25, -0.2) is 4.39 Å². The van der Waals surface area contributed by atoms with Gasteiger partial charge in [-0.3, -0.25) is 0 Å². The highest BCUT2D eigenvalue weighted by Gasteiger charge is 2.31. The van der Waals surface area contributed by atoms with Gasteiger partial charge >= 0.3 is 6.18 Å². The van der Waals surface area contributed by atoms with Crippen molar-refractivity contribution in [2.24, 2.45) is 0 Å². The molecule has 1 aromatic carbocycles. The predicted octanol–water partition coefficient (Wildman–Crippen LogP) is 4.29. The van der Waals surface area contributed by atoms with E-state index in [2.05, 4.69) is 0 Å². The lowest BCUT2D eigenvalue weighted by molar-refractivity contribution is -0.0883. The first-order chi connectivity index (χ1) is 9.18. The first kappa shape index (κ1) is 16.1. The van der Waals surface area contributed by atoms with Crippen LogP contribution in [0.5, 0.6) is 0 Å². The van der Waals surface area contributed by atoms with Crippen molar-refractivity contribution < 1.29 is 17.6 Å². The van der Waals surface area contributed by atoms with Gasteiger partial charge in [0.15, 0.2) is 5.82 Å². The number of rotatable bonds is 3. The highest BCUT2D eigenvalue weighted by Crippen LogP contribution is 2.32. The number of hydrogen-bond acceptors (Lipinski definition) is 2. The highest BCUT2D eigenvalue weighted by atomic mass is 19.4. The van der Waals surface area contributed by atoms with Gasteiger partial charge in [-0.2, -0.15) is 13.2 Å². The first-order valence-electron chi connectivity index (χ1n) is 5.98. The molecule has 0 atom stereocenters. The second-order valence-electron chi connectivity index (χ2n) is 4.32. The maximum absolute atomic E-state index is 13.9. The Balaban J connectivity index is 3.30. The Bertz CT molecular complexity index is 557. The molecule has 1 aromatic rings. The summed E-state index contributed by atoms with van der Waals surface area (Å²) in [6, 6.07) is 2.68. The van der Waals surface area contributed by atoms with Gasteiger partial charge in [0.1, 0.15) is 0 Å². The van der Waals surface area contributed by atoms with Gasteiger partial charge in [0, 0.05) is 5.56 Å². The molecule has 2 nitrogen and oxygen atoms in total. The van der Waals surface area contributed by atoms with Gasteiger partial charge in [0.2, 0.25) is 0 Å². The van der Waals surface area contributed by atoms with Crippen molar-refractivity contribution in [1.82, 2.24) is 0 Å². The quantitative estimate of drug-likeness (QED) is 0.495. The van der Waals surface area contributed by atoms with E-state index in [-0.39, 0.29) is 28.9 Å². The minimum atomic E-state index is -4.48. The molecule has 0 saturated carbocycles. The summed E-state index contributed by atoms with van der Waals surface area (Å²) >= 11 is 0. The number of halogens is 4. The van der Waals surface area contributed by atoms with E-state index in [1.54, 1.807) is 6.92 Å². The molecule has 0 radical (unpaired) electrons. The van der Waals surface area contributed by atoms with Gasteiger partial charge in [-0.15, -0.1) is 0 Å². The molecule has 0 unspecified atom stereocenters. The third-order valence-electron chi connectivity index (χ3n) is 2.76. The third-order valence-corrected chi connectivity index (χ3v) is 2.76. The van der Waals surface area contributed by atoms with Crippen molar-refractivity contribution in [1.29, 1.82) is 0 Å². The summed E-state index contributed by atoms with van der Waals surface area (Å²) in [5, 5.41) is 0. The highest BCUT2D eigenvalue weighted by molar-refractivity contribution is 5.75. The van der Waals surface area contributed by atoms with Crippen molar-refractivity contribution in [3.63, 3.8) is 0 Å². The molecule has 20 heavy (non-hydrogen) atoms. The molecule has 0 saturated heterocycles. The van der Waals surface area contributed by atoms with E-state index in [1.807, 2.05) is 0 Å². The largest absolute Gasteiger partial charge is 0.416 e. The molecule has 0 spiro atoms. The zero-order valence-electron chi connectivity index (χ0n) is 11.2. The zero-order valence-corrected chi connectivity index (χ0v) is 11.2. The Kier molecular flexibility index (Phi) is 4.81. The second kappa shape index (κ2) is 5.98. The van der Waals surface area contributed by atoms with E-state index in [9.17, 15) is 17.6 Å². The van der Waals surface area contributed by atoms with E-state index < -0.39 is 17.6 Å². The maximum atomic E-state index is 13.9. The standard InChI is InChI=1S/C14H16F4N2/c1-3-4-9(14(16,17)18)7-8(2)10-5-6-11(19)13(20)12(10)15/h4-7H,3,19-20H2,1-2H3/b8-7+,9-4+. The van der Waals surface area contributed by atoms with Crippen LogP contribution in [0, 0.1) is 5.82 Å². The van der Waals surface area contributed by atoms with Crippen molar-refractivity contribution in [2.75, 3.05) is 11.5 Å². The minimum absolute atomic E-state index is 0.00273. The van der Waals surface area contributed by atoms with Crippen LogP contribution in [0.4, 0.5) is 28.9 Å². The molecule has 110 valence electrons. The van der Waals surface area contributed by atoms with E-state index >= 15 is 0 Å². The van der Waals surface area contributed by atoms with Gasteiger partial charge < -0.3 is 11.5 Å². The summed E-state index contributed by atoms with van der Waals surface area (Å²) in [6.07, 6.45) is -2.31. The number of nitrogen functional groups attached to an aromatic ring is 2. The van der Waals surface area contributed by atoms with Crippen molar-refractivity contribution in [2.45, 2.75) is 26.4 Å². The second-order valence-corrected chi connectivity index (χ2v) is 4.32. The van der Waals surface area contributed by atoms with Gasteiger partial charge in [-0.1, -0.05) is 13.0 Å². The zero-order chi connectivity index (χ0) is 15.5. The van der Waals surface area contributed by atoms with Crippen LogP contribution in [0.15, 0.2) is 29.9 Å². The fourth-order valence-electron chi connectivity index (χ4n) is 1.70. The normalized spacial score (nSPS) is 13.7. The molecule has 0 fully saturated rings. The van der Waals surface area contributed by atoms with Gasteiger partial charge in [0.25, 0.3) is 0 Å². The van der Waals surface area contributed by atoms with E-state index in [4.69, 9.17) is 11.5 Å². The molecule has 0 aromatic heterocycles. The molecule has 6 heteroatoms. The molecule has 0 aliphatic carbocycles. The number of nitrogens with two attached hydrogens (primary N) is 2. The Morgan fingerprint density at radius 1 is 1.25 bits per heavy atom. The van der Waals surface area contributed by atoms with E-state index in [0.717, 1.165) is 12.2 Å². The number of alkyl halides is 3. The first-order valence-corrected chi connectivity index (χ1v) is 5.98. The van der Waals surface area contributed by atoms with Crippen molar-refractivity contribution in [3.8, 4) is 0 Å². The van der Waals surface area contributed by atoms with Crippen LogP contribution in [0.25, 0.3) is 5.57 Å². The minimum Gasteiger partial charge on any atom is -0.397 e. The Hall–Kier alpha value is -1.98. The molecule has 0 heterocycles. The summed E-state index contributed by atoms with van der Waals surface area (Å²) in [5.74, 6) is -0.809. The summed E-state index contributed by atoms with van der Waals surface area (Å²) in [5.41, 5.74) is 9.98. The number of allylic oxidation sites excluding steroid dienone is 4. The summed E-state index contributed by atoms with van der Waals surface area (Å²) in [4.78, 5) is 0. The fraction of sp³-hybridized carbons (Fsp3) is 0.286. The monoisotopic (exact) mass is 288 g/mol. The molecule has 0 bridgehead atoms. The summed E-state index contributed by atoms with van der Waals surface area (Å²) < 4.78 is 52.2. The predicted molar refractivity (Wildman–Crippen MR) is 73.3 cm³/mol. The lowest BCUT2D eigenvalue weighted by atomic mass is 10.0. The average molecular weight is 288 g/mol. The van der Waals surface area contributed by atoms with Crippen molar-refractivity contribution in [3.05, 3.63) is 41.2 Å². The molecule has 0 aliphatic rings. The SMILES string of the molecule is CC/C=C(\C=C(/C)c1ccc(N)c(N)c1F)C(F)(F)F. The molecule has 0 amide bonds. The Labute approximate surface area is 114 Å². The van der Waals surface area contributed by atoms with Crippen LogP contribution in [0.2, 0.25) is 0 Å². The molecule has 0 aliphatic heterocycles. The molecular weight excluding hydrogens is 272 g/mol. The van der Waals surface area contributed by atoms with E-state index in [1.165, 1.54) is 19.1 Å². The molecule has 4 N–H and O–H groups in total. The van der Waals surface area contributed by atoms with Crippen LogP contribution in [0.1, 0.15) is 25.8 Å². The Morgan fingerprint density at radius 2 is 1.85 bits per heavy atom. The smallest absolute Gasteiger partial charge is 0.397 e. The summed E-state index contributed by atoms with van der Waals surface area (Å²) in [6.45, 7) is 2.99. The summed E-state index contributed by atoms with van der Waals surface area (Å²) in [7, 11) is 0. The molecular formula is C14H16F4N2. The Morgan fingerprint density at radius 3 is 2.35 bits per heavy atom. The topological polar surface area (TPSA) is 52.0 Å². The third kappa shape index (κ3) is 3.53. The van der Waals surface area contributed by atoms with Gasteiger partial charge in [-0.05, 0) is 37.1 Å².